The van der Waals surface area contributed by atoms with Gasteiger partial charge in [-0.15, -0.1) is 0 Å². The summed E-state index contributed by atoms with van der Waals surface area (Å²) in [7, 11) is 0. The molecular formula is C27H30N6O. The molecular weight excluding hydrogens is 424 g/mol. The van der Waals surface area contributed by atoms with Crippen molar-refractivity contribution in [2.45, 2.75) is 44.2 Å². The smallest absolute Gasteiger partial charge is 0.251 e. The summed E-state index contributed by atoms with van der Waals surface area (Å²) in [6.45, 7) is 0. The van der Waals surface area contributed by atoms with Crippen LogP contribution in [0.25, 0.3) is 11.1 Å². The average Bonchev–Trinajstić information content (AvgIpc) is 2.86. The van der Waals surface area contributed by atoms with E-state index in [2.05, 4.69) is 10.3 Å². The second kappa shape index (κ2) is 10.4. The molecule has 1 aliphatic carbocycles. The van der Waals surface area contributed by atoms with Gasteiger partial charge in [0.15, 0.2) is 0 Å². The predicted octanol–water partition coefficient (Wildman–Crippen LogP) is 3.96. The number of benzene rings is 2. The molecule has 0 saturated heterocycles. The highest BCUT2D eigenvalue weighted by atomic mass is 16.1. The van der Waals surface area contributed by atoms with Crippen molar-refractivity contribution in [2.24, 2.45) is 5.73 Å². The van der Waals surface area contributed by atoms with Gasteiger partial charge in [0.2, 0.25) is 0 Å². The molecule has 7 nitrogen and oxygen atoms in total. The van der Waals surface area contributed by atoms with Crippen LogP contribution in [0.2, 0.25) is 0 Å². The van der Waals surface area contributed by atoms with Crippen LogP contribution in [0.1, 0.15) is 47.2 Å². The quantitative estimate of drug-likeness (QED) is 0.272. The van der Waals surface area contributed by atoms with Gasteiger partial charge in [-0.2, -0.15) is 0 Å². The molecule has 0 aliphatic heterocycles. The highest BCUT2D eigenvalue weighted by molar-refractivity contribution is 6.47. The zero-order valence-electron chi connectivity index (χ0n) is 19.1. The van der Waals surface area contributed by atoms with Gasteiger partial charge < -0.3 is 22.2 Å². The molecule has 1 fully saturated rings. The van der Waals surface area contributed by atoms with E-state index >= 15 is 0 Å². The molecule has 174 valence electrons. The average molecular weight is 455 g/mol. The Bertz CT molecular complexity index is 1200. The van der Waals surface area contributed by atoms with E-state index in [0.717, 1.165) is 42.4 Å². The summed E-state index contributed by atoms with van der Waals surface area (Å²) in [5.41, 5.74) is 16.4. The minimum absolute atomic E-state index is 0.0663. The summed E-state index contributed by atoms with van der Waals surface area (Å²) >= 11 is 0. The van der Waals surface area contributed by atoms with E-state index in [1.165, 1.54) is 0 Å². The van der Waals surface area contributed by atoms with Crippen LogP contribution in [-0.4, -0.2) is 34.4 Å². The molecule has 1 saturated carbocycles. The maximum atomic E-state index is 12.7. The molecule has 1 aliphatic rings. The van der Waals surface area contributed by atoms with Crippen molar-refractivity contribution in [3.8, 4) is 11.1 Å². The number of hydrogen-bond donors (Lipinski definition) is 5. The summed E-state index contributed by atoms with van der Waals surface area (Å²) in [4.78, 5) is 16.9. The predicted molar refractivity (Wildman–Crippen MR) is 136 cm³/mol. The minimum Gasteiger partial charge on any atom is -0.398 e. The number of amides is 1. The van der Waals surface area contributed by atoms with Crippen molar-refractivity contribution in [1.29, 1.82) is 10.8 Å². The van der Waals surface area contributed by atoms with Gasteiger partial charge in [0.05, 0.1) is 11.4 Å². The molecule has 1 aromatic heterocycles. The van der Waals surface area contributed by atoms with Gasteiger partial charge in [-0.05, 0) is 67.1 Å². The van der Waals surface area contributed by atoms with Gasteiger partial charge in [0.25, 0.3) is 5.91 Å². The van der Waals surface area contributed by atoms with Crippen LogP contribution < -0.4 is 16.8 Å². The van der Waals surface area contributed by atoms with E-state index in [4.69, 9.17) is 22.3 Å². The van der Waals surface area contributed by atoms with Crippen LogP contribution in [-0.2, 0) is 6.42 Å². The Hall–Kier alpha value is -3.84. The van der Waals surface area contributed by atoms with E-state index in [1.807, 2.05) is 36.4 Å². The molecule has 34 heavy (non-hydrogen) atoms. The second-order valence-corrected chi connectivity index (χ2v) is 8.86. The Morgan fingerprint density at radius 1 is 1.00 bits per heavy atom. The van der Waals surface area contributed by atoms with Gasteiger partial charge >= 0.3 is 0 Å². The molecule has 4 rings (SSSR count). The Morgan fingerprint density at radius 3 is 2.53 bits per heavy atom. The zero-order chi connectivity index (χ0) is 24.1. The Morgan fingerprint density at radius 2 is 1.79 bits per heavy atom. The van der Waals surface area contributed by atoms with E-state index in [9.17, 15) is 4.79 Å². The first-order valence-electron chi connectivity index (χ1n) is 11.5. The van der Waals surface area contributed by atoms with Crippen LogP contribution in [0, 0.1) is 10.8 Å². The summed E-state index contributed by atoms with van der Waals surface area (Å²) in [6.07, 6.45) is 7.34. The number of rotatable bonds is 7. The van der Waals surface area contributed by atoms with Crippen molar-refractivity contribution in [3.63, 3.8) is 0 Å². The van der Waals surface area contributed by atoms with Crippen LogP contribution in [0.15, 0.2) is 67.0 Å². The third-order valence-electron chi connectivity index (χ3n) is 6.30. The summed E-state index contributed by atoms with van der Waals surface area (Å²) in [5, 5.41) is 20.2. The largest absolute Gasteiger partial charge is 0.398 e. The molecule has 7 N–H and O–H groups in total. The van der Waals surface area contributed by atoms with E-state index < -0.39 is 0 Å². The van der Waals surface area contributed by atoms with Gasteiger partial charge in [-0.25, -0.2) is 0 Å². The fraction of sp³-hybridized carbons (Fsp3) is 0.259. The maximum Gasteiger partial charge on any atom is 0.251 e. The highest BCUT2D eigenvalue weighted by Gasteiger charge is 2.21. The molecule has 1 amide bonds. The monoisotopic (exact) mass is 454 g/mol. The van der Waals surface area contributed by atoms with E-state index in [-0.39, 0.29) is 35.8 Å². The fourth-order valence-corrected chi connectivity index (χ4v) is 4.30. The summed E-state index contributed by atoms with van der Waals surface area (Å²) < 4.78 is 0. The number of carbonyl (C=O) groups excluding carboxylic acids is 1. The Balaban J connectivity index is 1.45. The topological polar surface area (TPSA) is 142 Å². The molecule has 3 aromatic rings. The van der Waals surface area contributed by atoms with Crippen molar-refractivity contribution in [2.75, 3.05) is 5.73 Å². The van der Waals surface area contributed by atoms with Gasteiger partial charge in [-0.1, -0.05) is 24.3 Å². The van der Waals surface area contributed by atoms with Gasteiger partial charge in [-0.3, -0.25) is 15.2 Å². The number of nitrogens with zero attached hydrogens (tertiary/aromatic N) is 1. The molecule has 0 radical (unpaired) electrons. The number of nitrogen functional groups attached to an aromatic ring is 1. The maximum absolute atomic E-state index is 12.7. The van der Waals surface area contributed by atoms with Crippen LogP contribution >= 0.6 is 0 Å². The SMILES string of the molecule is N=C(Cc1cccc(C(=O)NC2CCC(N)CC2)c1)C(=N)c1cc(-c2cccnc2)ccc1N. The van der Waals surface area contributed by atoms with Crippen molar-refractivity contribution in [1.82, 2.24) is 10.3 Å². The molecule has 0 spiro atoms. The van der Waals surface area contributed by atoms with Gasteiger partial charge in [0, 0.05) is 53.3 Å². The number of carbonyl (C=O) groups is 1. The Kier molecular flexibility index (Phi) is 7.13. The van der Waals surface area contributed by atoms with Crippen molar-refractivity contribution < 1.29 is 4.79 Å². The number of hydrogen-bond acceptors (Lipinski definition) is 6. The normalized spacial score (nSPS) is 17.7. The molecule has 0 unspecified atom stereocenters. The fourth-order valence-electron chi connectivity index (χ4n) is 4.30. The number of nitrogens with two attached hydrogens (primary N) is 2. The first-order valence-corrected chi connectivity index (χ1v) is 11.5. The van der Waals surface area contributed by atoms with Crippen LogP contribution in [0.5, 0.6) is 0 Å². The molecule has 0 atom stereocenters. The lowest BCUT2D eigenvalue weighted by Gasteiger charge is -2.26. The summed E-state index contributed by atoms with van der Waals surface area (Å²) in [6, 6.07) is 16.9. The van der Waals surface area contributed by atoms with E-state index in [1.54, 1.807) is 30.6 Å². The second-order valence-electron chi connectivity index (χ2n) is 8.86. The number of aromatic nitrogens is 1. The lowest BCUT2D eigenvalue weighted by molar-refractivity contribution is 0.0925. The number of anilines is 1. The van der Waals surface area contributed by atoms with Crippen molar-refractivity contribution in [3.05, 3.63) is 83.7 Å². The summed E-state index contributed by atoms with van der Waals surface area (Å²) in [5.74, 6) is -0.114. The van der Waals surface area contributed by atoms with Crippen LogP contribution in [0.4, 0.5) is 5.69 Å². The third-order valence-corrected chi connectivity index (χ3v) is 6.30. The standard InChI is InChI=1S/C27H30N6O/c28-21-7-9-22(10-8-21)33-27(34)19-4-1-3-17(13-19)14-25(30)26(31)23-15-18(6-11-24(23)29)20-5-2-12-32-16-20/h1-6,11-13,15-16,21-22,30-31H,7-10,14,28-29H2,(H,33,34). The number of nitrogens with one attached hydrogen (secondary N) is 3. The minimum atomic E-state index is -0.114. The zero-order valence-corrected chi connectivity index (χ0v) is 19.1. The van der Waals surface area contributed by atoms with Crippen molar-refractivity contribution >= 4 is 23.0 Å². The van der Waals surface area contributed by atoms with Crippen LogP contribution in [0.3, 0.4) is 0 Å². The third kappa shape index (κ3) is 5.55. The highest BCUT2D eigenvalue weighted by Crippen LogP contribution is 2.24. The molecule has 1 heterocycles. The number of pyridine rings is 1. The molecule has 2 aromatic carbocycles. The first kappa shape index (κ1) is 23.3. The molecule has 7 heteroatoms. The van der Waals surface area contributed by atoms with E-state index in [0.29, 0.717) is 16.8 Å². The Labute approximate surface area is 199 Å². The lowest BCUT2D eigenvalue weighted by Crippen LogP contribution is -2.40. The molecule has 0 bridgehead atoms. The van der Waals surface area contributed by atoms with Gasteiger partial charge in [0.1, 0.15) is 0 Å². The first-order chi connectivity index (χ1) is 16.4. The lowest BCUT2D eigenvalue weighted by atomic mass is 9.91.